The van der Waals surface area contributed by atoms with Gasteiger partial charge in [-0.25, -0.2) is 0 Å². The molecule has 0 aliphatic carbocycles. The number of benzene rings is 1. The van der Waals surface area contributed by atoms with Crippen LogP contribution in [0, 0.1) is 13.5 Å². The Balaban J connectivity index is 3.20. The van der Waals surface area contributed by atoms with Crippen molar-refractivity contribution in [1.82, 2.24) is 0 Å². The van der Waals surface area contributed by atoms with Gasteiger partial charge in [-0.15, -0.1) is 0 Å². The van der Waals surface area contributed by atoms with Gasteiger partial charge in [-0.3, -0.25) is 0 Å². The number of aryl methyl sites for hydroxylation is 1. The van der Waals surface area contributed by atoms with E-state index in [1.165, 1.54) is 5.56 Å². The molecule has 0 heteroatoms. The van der Waals surface area contributed by atoms with Crippen molar-refractivity contribution in [3.8, 4) is 0 Å². The molecule has 0 aliphatic rings. The van der Waals surface area contributed by atoms with E-state index >= 15 is 0 Å². The zero-order chi connectivity index (χ0) is 9.14. The molecule has 0 nitrogen and oxygen atoms in total. The highest BCUT2D eigenvalue weighted by Gasteiger charge is 1.98. The molecule has 0 aromatic heterocycles. The maximum Gasteiger partial charge on any atom is -0.0198 e. The van der Waals surface area contributed by atoms with E-state index in [4.69, 9.17) is 6.58 Å². The first-order valence-corrected chi connectivity index (χ1v) is 3.97. The standard InChI is InChI=1S/C12H13/c1-5-11-6-7-12(9(2)3)10(4)8-11/h2,5-8H,1H2,3-4H3. The van der Waals surface area contributed by atoms with Gasteiger partial charge in [0.1, 0.15) is 0 Å². The monoisotopic (exact) mass is 157 g/mol. The van der Waals surface area contributed by atoms with E-state index in [0.29, 0.717) is 0 Å². The van der Waals surface area contributed by atoms with Gasteiger partial charge in [0.05, 0.1) is 0 Å². The van der Waals surface area contributed by atoms with E-state index < -0.39 is 0 Å². The minimum atomic E-state index is 0.864. The molecule has 0 aliphatic heterocycles. The third kappa shape index (κ3) is 1.65. The van der Waals surface area contributed by atoms with Crippen molar-refractivity contribution in [1.29, 1.82) is 0 Å². The van der Waals surface area contributed by atoms with Crippen LogP contribution in [0.4, 0.5) is 0 Å². The molecule has 0 saturated carbocycles. The molecule has 0 N–H and O–H groups in total. The summed E-state index contributed by atoms with van der Waals surface area (Å²) >= 11 is 0. The van der Waals surface area contributed by atoms with Crippen LogP contribution in [0.25, 0.3) is 11.6 Å². The molecule has 61 valence electrons. The average Bonchev–Trinajstić information content (AvgIpc) is 2.03. The molecule has 0 fully saturated rings. The maximum absolute atomic E-state index is 5.70. The summed E-state index contributed by atoms with van der Waals surface area (Å²) in [6, 6.07) is 6.13. The van der Waals surface area contributed by atoms with Crippen LogP contribution >= 0.6 is 0 Å². The summed E-state index contributed by atoms with van der Waals surface area (Å²) in [5.74, 6) is 0. The Labute approximate surface area is 74.2 Å². The molecular weight excluding hydrogens is 144 g/mol. The van der Waals surface area contributed by atoms with Gasteiger partial charge in [-0.2, -0.15) is 0 Å². The van der Waals surface area contributed by atoms with Crippen LogP contribution in [0.5, 0.6) is 0 Å². The van der Waals surface area contributed by atoms with Crippen LogP contribution in [0.1, 0.15) is 23.6 Å². The zero-order valence-corrected chi connectivity index (χ0v) is 7.59. The van der Waals surface area contributed by atoms with Gasteiger partial charge in [-0.1, -0.05) is 37.4 Å². The van der Waals surface area contributed by atoms with E-state index in [2.05, 4.69) is 19.6 Å². The Morgan fingerprint density at radius 2 is 2.17 bits per heavy atom. The third-order valence-electron chi connectivity index (χ3n) is 1.91. The van der Waals surface area contributed by atoms with Crippen molar-refractivity contribution in [2.75, 3.05) is 0 Å². The van der Waals surface area contributed by atoms with Gasteiger partial charge in [0.2, 0.25) is 0 Å². The summed E-state index contributed by atoms with van der Waals surface area (Å²) in [5, 5.41) is 0. The Hall–Kier alpha value is -1.30. The number of rotatable bonds is 2. The summed E-state index contributed by atoms with van der Waals surface area (Å²) in [4.78, 5) is 0. The second-order valence-electron chi connectivity index (χ2n) is 2.96. The van der Waals surface area contributed by atoms with Crippen molar-refractivity contribution in [3.63, 3.8) is 0 Å². The quantitative estimate of drug-likeness (QED) is 0.616. The highest BCUT2D eigenvalue weighted by Crippen LogP contribution is 2.18. The normalized spacial score (nSPS) is 9.50. The van der Waals surface area contributed by atoms with E-state index in [-0.39, 0.29) is 0 Å². The summed E-state index contributed by atoms with van der Waals surface area (Å²) in [5.41, 5.74) is 4.33. The zero-order valence-electron chi connectivity index (χ0n) is 7.59. The average molecular weight is 157 g/mol. The van der Waals surface area contributed by atoms with Gasteiger partial charge in [-0.05, 0) is 36.1 Å². The molecule has 0 amide bonds. The van der Waals surface area contributed by atoms with Gasteiger partial charge in [0.25, 0.3) is 0 Å². The Bertz CT molecular complexity index is 319. The van der Waals surface area contributed by atoms with Crippen molar-refractivity contribution in [3.05, 3.63) is 48.0 Å². The molecular formula is C12H13. The lowest BCUT2D eigenvalue weighted by molar-refractivity contribution is 1.40. The van der Waals surface area contributed by atoms with Gasteiger partial charge in [0, 0.05) is 0 Å². The van der Waals surface area contributed by atoms with E-state index in [9.17, 15) is 0 Å². The Morgan fingerprint density at radius 1 is 1.50 bits per heavy atom. The number of allylic oxidation sites excluding steroid dienone is 1. The predicted octanol–water partition coefficient (Wildman–Crippen LogP) is 3.47. The molecule has 1 rings (SSSR count). The molecule has 0 bridgehead atoms. The molecule has 1 aromatic rings. The molecule has 12 heavy (non-hydrogen) atoms. The first kappa shape index (κ1) is 8.79. The summed E-state index contributed by atoms with van der Waals surface area (Å²) in [7, 11) is 0. The maximum atomic E-state index is 5.70. The van der Waals surface area contributed by atoms with Crippen molar-refractivity contribution in [2.24, 2.45) is 0 Å². The van der Waals surface area contributed by atoms with Crippen molar-refractivity contribution < 1.29 is 0 Å². The predicted molar refractivity (Wildman–Crippen MR) is 54.7 cm³/mol. The molecule has 0 unspecified atom stereocenters. The fourth-order valence-corrected chi connectivity index (χ4v) is 1.26. The van der Waals surface area contributed by atoms with Crippen LogP contribution < -0.4 is 0 Å². The lowest BCUT2D eigenvalue weighted by Gasteiger charge is -2.05. The van der Waals surface area contributed by atoms with Crippen molar-refractivity contribution >= 4 is 11.6 Å². The fourth-order valence-electron chi connectivity index (χ4n) is 1.26. The van der Waals surface area contributed by atoms with Crippen LogP contribution in [0.3, 0.4) is 0 Å². The minimum absolute atomic E-state index is 0.864. The molecule has 0 atom stereocenters. The van der Waals surface area contributed by atoms with Crippen LogP contribution in [-0.2, 0) is 0 Å². The second-order valence-corrected chi connectivity index (χ2v) is 2.96. The van der Waals surface area contributed by atoms with Crippen LogP contribution in [0.2, 0.25) is 0 Å². The first-order chi connectivity index (χ1) is 5.65. The lowest BCUT2D eigenvalue weighted by atomic mass is 10.0. The van der Waals surface area contributed by atoms with E-state index in [0.717, 1.165) is 16.7 Å². The highest BCUT2D eigenvalue weighted by molar-refractivity contribution is 5.65. The number of hydrogen-bond acceptors (Lipinski definition) is 0. The molecule has 1 radical (unpaired) electrons. The summed E-state index contributed by atoms with van der Waals surface area (Å²) in [6.07, 6.45) is 1.84. The minimum Gasteiger partial charge on any atom is -0.0985 e. The van der Waals surface area contributed by atoms with E-state index in [1.54, 1.807) is 0 Å². The molecule has 0 saturated heterocycles. The van der Waals surface area contributed by atoms with Crippen LogP contribution in [-0.4, -0.2) is 0 Å². The van der Waals surface area contributed by atoms with Gasteiger partial charge >= 0.3 is 0 Å². The third-order valence-corrected chi connectivity index (χ3v) is 1.91. The Morgan fingerprint density at radius 3 is 2.58 bits per heavy atom. The lowest BCUT2D eigenvalue weighted by Crippen LogP contribution is -1.85. The molecule has 0 heterocycles. The first-order valence-electron chi connectivity index (χ1n) is 3.97. The molecule has 1 aromatic carbocycles. The SMILES string of the molecule is [CH]=C(C)c1ccc(C=C)cc1C. The highest BCUT2D eigenvalue weighted by atomic mass is 14.0. The molecule has 0 spiro atoms. The van der Waals surface area contributed by atoms with E-state index in [1.807, 2.05) is 25.1 Å². The van der Waals surface area contributed by atoms with Gasteiger partial charge < -0.3 is 0 Å². The largest absolute Gasteiger partial charge is 0.0985 e. The Kier molecular flexibility index (Phi) is 2.49. The van der Waals surface area contributed by atoms with Crippen molar-refractivity contribution in [2.45, 2.75) is 13.8 Å². The topological polar surface area (TPSA) is 0 Å². The second kappa shape index (κ2) is 3.40. The summed E-state index contributed by atoms with van der Waals surface area (Å²) in [6.45, 7) is 13.4. The summed E-state index contributed by atoms with van der Waals surface area (Å²) < 4.78 is 0. The number of hydrogen-bond donors (Lipinski definition) is 0. The van der Waals surface area contributed by atoms with Gasteiger partial charge in [0.15, 0.2) is 0 Å². The van der Waals surface area contributed by atoms with Crippen LogP contribution in [0.15, 0.2) is 24.8 Å². The smallest absolute Gasteiger partial charge is 0.0198 e. The fraction of sp³-hybridized carbons (Fsp3) is 0.167.